The molecule has 32 nitrogen and oxygen atoms in total. The smallest absolute Gasteiger partial charge is 0.330 e. The summed E-state index contributed by atoms with van der Waals surface area (Å²) in [5.74, 6) is -0.320. The van der Waals surface area contributed by atoms with Gasteiger partial charge in [0.1, 0.15) is 36.6 Å². The molecule has 1 unspecified atom stereocenters. The first-order valence-electron chi connectivity index (χ1n) is 16.5. The summed E-state index contributed by atoms with van der Waals surface area (Å²) in [4.78, 5) is 69.2. The molecule has 0 saturated carbocycles. The van der Waals surface area contributed by atoms with Gasteiger partial charge in [0.05, 0.1) is 19.8 Å². The number of hydrogen-bond acceptors (Lipinski definition) is 21. The zero-order chi connectivity index (χ0) is 43.4. The van der Waals surface area contributed by atoms with Gasteiger partial charge in [-0.1, -0.05) is 15.3 Å². The number of carbonyl (C=O) groups is 1. The summed E-state index contributed by atoms with van der Waals surface area (Å²) in [6, 6.07) is 2.02. The molecule has 5 aliphatic heterocycles. The summed E-state index contributed by atoms with van der Waals surface area (Å²) < 4.78 is 22.8. The monoisotopic (exact) mass is 839 g/mol. The van der Waals surface area contributed by atoms with Crippen LogP contribution in [0.4, 0.5) is 0 Å². The minimum absolute atomic E-state index is 0.320. The molecule has 1 amide bonds. The lowest BCUT2D eigenvalue weighted by Crippen LogP contribution is -2.51. The van der Waals surface area contributed by atoms with Crippen LogP contribution in [-0.2, 0) is 23.7 Å². The second kappa shape index (κ2) is 17.4. The van der Waals surface area contributed by atoms with Crippen molar-refractivity contribution in [2.75, 3.05) is 19.8 Å². The lowest BCUT2D eigenvalue weighted by atomic mass is 10.1. The van der Waals surface area contributed by atoms with E-state index in [2.05, 4.69) is 35.4 Å². The third-order valence-corrected chi connectivity index (χ3v) is 9.27. The Morgan fingerprint density at radius 3 is 1.46 bits per heavy atom. The van der Waals surface area contributed by atoms with E-state index in [-0.39, 0.29) is 5.91 Å². The Hall–Kier alpha value is -6.18. The van der Waals surface area contributed by atoms with Gasteiger partial charge < -0.3 is 70.0 Å². The van der Waals surface area contributed by atoms with Gasteiger partial charge in [-0.15, -0.1) is 0 Å². The number of rotatable bonds is 8. The number of H-pyrrole nitrogens is 2. The average Bonchev–Trinajstić information content (AvgIpc) is 3.85. The predicted molar refractivity (Wildman–Crippen MR) is 182 cm³/mol. The Bertz CT molecular complexity index is 2200. The predicted octanol–water partition coefficient (Wildman–Crippen LogP) is -6.10. The molecule has 11 N–H and O–H groups in total. The number of aliphatic hydroxyl groups excluding tert-OH is 8. The van der Waals surface area contributed by atoms with E-state index in [4.69, 9.17) is 35.5 Å². The third-order valence-electron chi connectivity index (χ3n) is 9.27. The first-order chi connectivity index (χ1) is 28.0. The van der Waals surface area contributed by atoms with Crippen molar-refractivity contribution in [1.82, 2.24) is 29.3 Å². The first-order valence-corrected chi connectivity index (χ1v) is 16.5. The molecule has 5 aliphatic rings. The van der Waals surface area contributed by atoms with Gasteiger partial charge in [-0.25, -0.2) is 9.59 Å². The van der Waals surface area contributed by atoms with Crippen LogP contribution >= 0.6 is 0 Å². The number of azide groups is 3. The number of nitrogens with zero attached hydrogens (tertiary/aromatic N) is 12. The first kappa shape index (κ1) is 43.9. The van der Waals surface area contributed by atoms with Gasteiger partial charge in [-0.05, 0) is 16.6 Å². The van der Waals surface area contributed by atoms with E-state index in [1.807, 2.05) is 9.97 Å². The SMILES string of the molecule is [N-]=[N+]=N[C@]1(CO)O[C@@H](n2ccc(=O)[nH]c2=O)[C@H](O)[C@@H]1O.[N-]=[N+]=N[C@]1(CO)O[C@@H](n2ccc(=O)[nH]c2=O)[C@H](O)[C@@H]1O.[N-]=[N+]=N[C@]1(CO)O[C@@H]2[C@@H](OC3NC(=O)C=CN32)[C@@H]1O. The molecule has 0 bridgehead atoms. The molecule has 4 saturated heterocycles. The normalized spacial score (nSPS) is 36.3. The summed E-state index contributed by atoms with van der Waals surface area (Å²) in [6.07, 6.45) is -8.46. The molecule has 0 aromatic carbocycles. The Morgan fingerprint density at radius 1 is 0.661 bits per heavy atom. The molecule has 7 rings (SSSR count). The molecule has 4 fully saturated rings. The standard InChI is InChI=1S/2C9H11N5O6.C9H11N5O5/c2*10-13-12-9(3-15)6(18)5(17)7(20-9)14-2-1-4(16)11-8(14)19;10-13-12-9(3-15)6(17)5-7(19-9)14-2-1-4(16)11-8(14)18-5/h2*1-2,5-7,15,17-18H,3H2,(H,11,16,19);1-2,5-8,15,17H,3H2,(H,11,16)/t2*5-,6+,7-,9-;5-,6-,7+,8?,9+/m110/s1. The Morgan fingerprint density at radius 2 is 1.07 bits per heavy atom. The molecule has 0 spiro atoms. The van der Waals surface area contributed by atoms with E-state index in [9.17, 15) is 64.8 Å². The third kappa shape index (κ3) is 8.00. The molecule has 32 heteroatoms. The van der Waals surface area contributed by atoms with Crippen LogP contribution in [0, 0.1) is 0 Å². The number of carbonyl (C=O) groups excluding carboxylic acids is 1. The highest BCUT2D eigenvalue weighted by Gasteiger charge is 2.62. The number of ether oxygens (including phenoxy) is 4. The number of amides is 1. The van der Waals surface area contributed by atoms with Crippen LogP contribution in [0.25, 0.3) is 31.3 Å². The van der Waals surface area contributed by atoms with E-state index in [0.29, 0.717) is 0 Å². The van der Waals surface area contributed by atoms with E-state index < -0.39 is 121 Å². The Balaban J connectivity index is 0.000000168. The zero-order valence-electron chi connectivity index (χ0n) is 29.5. The van der Waals surface area contributed by atoms with Crippen LogP contribution in [0.1, 0.15) is 12.5 Å². The summed E-state index contributed by atoms with van der Waals surface area (Å²) in [5.41, 5.74) is 16.3. The number of aliphatic hydroxyl groups is 8. The highest BCUT2D eigenvalue weighted by Crippen LogP contribution is 2.42. The van der Waals surface area contributed by atoms with Crippen molar-refractivity contribution < 1.29 is 64.6 Å². The highest BCUT2D eigenvalue weighted by molar-refractivity contribution is 5.88. The fraction of sp³-hybridized carbons (Fsp3) is 0.593. The maximum Gasteiger partial charge on any atom is 0.330 e. The van der Waals surface area contributed by atoms with Gasteiger partial charge in [0.25, 0.3) is 11.1 Å². The van der Waals surface area contributed by atoms with Crippen molar-refractivity contribution >= 4 is 5.91 Å². The fourth-order valence-corrected chi connectivity index (χ4v) is 6.28. The van der Waals surface area contributed by atoms with Crippen LogP contribution in [-0.4, -0.2) is 157 Å². The van der Waals surface area contributed by atoms with Crippen molar-refractivity contribution in [3.05, 3.63) is 110 Å². The van der Waals surface area contributed by atoms with Crippen LogP contribution in [0.2, 0.25) is 0 Å². The van der Waals surface area contributed by atoms with Gasteiger partial charge >= 0.3 is 11.4 Å². The maximum absolute atomic E-state index is 11.6. The molecule has 2 aromatic heterocycles. The number of aromatic amines is 2. The molecule has 7 heterocycles. The topological polar surface area (TPSA) is 487 Å². The van der Waals surface area contributed by atoms with Crippen molar-refractivity contribution in [3.8, 4) is 0 Å². The van der Waals surface area contributed by atoms with Crippen LogP contribution < -0.4 is 27.8 Å². The zero-order valence-corrected chi connectivity index (χ0v) is 29.5. The van der Waals surface area contributed by atoms with Crippen molar-refractivity contribution in [2.24, 2.45) is 15.3 Å². The molecule has 59 heavy (non-hydrogen) atoms. The molecule has 0 aliphatic carbocycles. The van der Waals surface area contributed by atoms with Gasteiger partial charge in [0, 0.05) is 51.5 Å². The van der Waals surface area contributed by atoms with Gasteiger partial charge in [-0.2, -0.15) is 0 Å². The number of fused-ring (bicyclic) bond motifs is 3. The van der Waals surface area contributed by atoms with Crippen LogP contribution in [0.3, 0.4) is 0 Å². The highest BCUT2D eigenvalue weighted by atomic mass is 16.7. The second-order valence-electron chi connectivity index (χ2n) is 12.7. The summed E-state index contributed by atoms with van der Waals surface area (Å²) in [5, 5.41) is 89.4. The Labute approximate surface area is 323 Å². The van der Waals surface area contributed by atoms with Gasteiger partial charge in [-0.3, -0.25) is 33.5 Å². The molecular weight excluding hydrogens is 806 g/mol. The lowest BCUT2D eigenvalue weighted by Gasteiger charge is -2.32. The van der Waals surface area contributed by atoms with E-state index in [1.54, 1.807) is 0 Å². The summed E-state index contributed by atoms with van der Waals surface area (Å²) in [7, 11) is 0. The minimum Gasteiger partial charge on any atom is -0.393 e. The number of hydrogen-bond donors (Lipinski definition) is 11. The molecule has 318 valence electrons. The van der Waals surface area contributed by atoms with Crippen LogP contribution in [0.15, 0.2) is 71.3 Å². The van der Waals surface area contributed by atoms with E-state index in [0.717, 1.165) is 33.7 Å². The van der Waals surface area contributed by atoms with Crippen LogP contribution in [0.5, 0.6) is 0 Å². The van der Waals surface area contributed by atoms with Gasteiger partial charge in [0.2, 0.25) is 29.4 Å². The fourth-order valence-electron chi connectivity index (χ4n) is 6.28. The summed E-state index contributed by atoms with van der Waals surface area (Å²) in [6.45, 7) is -2.48. The average molecular weight is 840 g/mol. The maximum atomic E-state index is 11.6. The van der Waals surface area contributed by atoms with E-state index >= 15 is 0 Å². The number of nitrogens with one attached hydrogen (secondary N) is 3. The van der Waals surface area contributed by atoms with E-state index in [1.165, 1.54) is 17.2 Å². The number of aromatic nitrogens is 4. The molecule has 0 radical (unpaired) electrons. The second-order valence-corrected chi connectivity index (χ2v) is 12.7. The lowest BCUT2D eigenvalue weighted by molar-refractivity contribution is -0.161. The minimum atomic E-state index is -2.10. The Kier molecular flexibility index (Phi) is 12.9. The molecule has 2 aromatic rings. The van der Waals surface area contributed by atoms with Crippen molar-refractivity contribution in [2.45, 2.75) is 78.8 Å². The quantitative estimate of drug-likeness (QED) is 0.0669. The van der Waals surface area contributed by atoms with Crippen molar-refractivity contribution in [1.29, 1.82) is 0 Å². The molecular formula is C27H33N15O17. The van der Waals surface area contributed by atoms with Crippen molar-refractivity contribution in [3.63, 3.8) is 0 Å². The summed E-state index contributed by atoms with van der Waals surface area (Å²) >= 11 is 0. The van der Waals surface area contributed by atoms with Gasteiger partial charge in [0.15, 0.2) is 18.7 Å². The molecule has 13 atom stereocenters. The largest absolute Gasteiger partial charge is 0.393 e.